The van der Waals surface area contributed by atoms with Crippen LogP contribution in [0.3, 0.4) is 0 Å². The van der Waals surface area contributed by atoms with Crippen LogP contribution in [0, 0.1) is 0 Å². The molecule has 0 aromatic carbocycles. The lowest BCUT2D eigenvalue weighted by Gasteiger charge is -2.24. The van der Waals surface area contributed by atoms with E-state index in [1.165, 1.54) is 18.5 Å². The van der Waals surface area contributed by atoms with Crippen LogP contribution in [0.15, 0.2) is 10.7 Å². The van der Waals surface area contributed by atoms with Gasteiger partial charge in [0.1, 0.15) is 6.23 Å². The summed E-state index contributed by atoms with van der Waals surface area (Å²) in [5.41, 5.74) is 1.23. The van der Waals surface area contributed by atoms with E-state index in [1.807, 2.05) is 10.9 Å². The number of hydrogen-bond donors (Lipinski definition) is 0. The highest BCUT2D eigenvalue weighted by Gasteiger charge is 2.19. The molecule has 14 heavy (non-hydrogen) atoms. The van der Waals surface area contributed by atoms with Crippen molar-refractivity contribution >= 4 is 15.9 Å². The third-order valence-corrected chi connectivity index (χ3v) is 3.27. The van der Waals surface area contributed by atoms with Crippen LogP contribution in [0.2, 0.25) is 0 Å². The second kappa shape index (κ2) is 4.45. The molecule has 1 aromatic rings. The molecule has 1 saturated heterocycles. The van der Waals surface area contributed by atoms with Crippen LogP contribution in [0.5, 0.6) is 0 Å². The molecule has 1 aliphatic rings. The average molecular weight is 259 g/mol. The molecule has 0 saturated carbocycles. The Labute approximate surface area is 92.6 Å². The van der Waals surface area contributed by atoms with Gasteiger partial charge in [0.25, 0.3) is 0 Å². The van der Waals surface area contributed by atoms with E-state index in [9.17, 15) is 0 Å². The van der Waals surface area contributed by atoms with E-state index in [0.29, 0.717) is 0 Å². The van der Waals surface area contributed by atoms with Crippen molar-refractivity contribution in [1.82, 2.24) is 9.78 Å². The third-order valence-electron chi connectivity index (χ3n) is 2.61. The molecule has 0 radical (unpaired) electrons. The van der Waals surface area contributed by atoms with Crippen molar-refractivity contribution in [3.63, 3.8) is 0 Å². The van der Waals surface area contributed by atoms with E-state index < -0.39 is 0 Å². The minimum Gasteiger partial charge on any atom is -0.357 e. The van der Waals surface area contributed by atoms with Gasteiger partial charge in [-0.15, -0.1) is 0 Å². The van der Waals surface area contributed by atoms with Crippen molar-refractivity contribution in [2.45, 2.75) is 38.8 Å². The fraction of sp³-hybridized carbons (Fsp3) is 0.700. The van der Waals surface area contributed by atoms with Crippen molar-refractivity contribution in [1.29, 1.82) is 0 Å². The lowest BCUT2D eigenvalue weighted by atomic mass is 10.2. The monoisotopic (exact) mass is 258 g/mol. The van der Waals surface area contributed by atoms with E-state index in [1.54, 1.807) is 0 Å². The number of ether oxygens (including phenoxy) is 1. The van der Waals surface area contributed by atoms with Crippen LogP contribution in [-0.2, 0) is 11.2 Å². The first-order valence-electron chi connectivity index (χ1n) is 5.16. The number of nitrogens with zero attached hydrogens (tertiary/aromatic N) is 2. The van der Waals surface area contributed by atoms with Gasteiger partial charge in [-0.3, -0.25) is 0 Å². The highest BCUT2D eigenvalue weighted by Crippen LogP contribution is 2.26. The molecule has 0 aliphatic carbocycles. The number of halogens is 1. The molecule has 0 spiro atoms. The quantitative estimate of drug-likeness (QED) is 0.816. The van der Waals surface area contributed by atoms with Gasteiger partial charge in [0.2, 0.25) is 0 Å². The maximum Gasteiger partial charge on any atom is 0.150 e. The average Bonchev–Trinajstić information content (AvgIpc) is 2.61. The predicted molar refractivity (Wildman–Crippen MR) is 58.1 cm³/mol. The maximum absolute atomic E-state index is 5.70. The molecular weight excluding hydrogens is 244 g/mol. The van der Waals surface area contributed by atoms with Crippen molar-refractivity contribution in [2.24, 2.45) is 0 Å². The summed E-state index contributed by atoms with van der Waals surface area (Å²) in [5, 5.41) is 4.36. The normalized spacial score (nSPS) is 22.6. The van der Waals surface area contributed by atoms with Crippen molar-refractivity contribution < 1.29 is 4.74 Å². The Kier molecular flexibility index (Phi) is 3.23. The molecule has 1 aliphatic heterocycles. The molecule has 78 valence electrons. The molecule has 0 bridgehead atoms. The molecule has 1 unspecified atom stereocenters. The smallest absolute Gasteiger partial charge is 0.150 e. The van der Waals surface area contributed by atoms with Crippen molar-refractivity contribution in [3.8, 4) is 0 Å². The molecule has 3 nitrogen and oxygen atoms in total. The zero-order valence-corrected chi connectivity index (χ0v) is 9.96. The number of rotatable bonds is 2. The van der Waals surface area contributed by atoms with Crippen LogP contribution in [-0.4, -0.2) is 16.4 Å². The highest BCUT2D eigenvalue weighted by atomic mass is 79.9. The van der Waals surface area contributed by atoms with E-state index in [4.69, 9.17) is 4.74 Å². The Morgan fingerprint density at radius 2 is 2.50 bits per heavy atom. The topological polar surface area (TPSA) is 27.1 Å². The van der Waals surface area contributed by atoms with E-state index in [0.717, 1.165) is 23.9 Å². The number of aromatic nitrogens is 2. The Morgan fingerprint density at radius 3 is 3.14 bits per heavy atom. The largest absolute Gasteiger partial charge is 0.357 e. The summed E-state index contributed by atoms with van der Waals surface area (Å²) < 4.78 is 8.81. The molecule has 0 N–H and O–H groups in total. The number of hydrogen-bond acceptors (Lipinski definition) is 2. The molecule has 1 atom stereocenters. The Morgan fingerprint density at radius 1 is 1.64 bits per heavy atom. The zero-order chi connectivity index (χ0) is 9.97. The summed E-state index contributed by atoms with van der Waals surface area (Å²) in [6, 6.07) is 0. The Hall–Kier alpha value is -0.350. The van der Waals surface area contributed by atoms with Crippen LogP contribution < -0.4 is 0 Å². The summed E-state index contributed by atoms with van der Waals surface area (Å²) in [6.45, 7) is 3.01. The summed E-state index contributed by atoms with van der Waals surface area (Å²) in [7, 11) is 0. The SMILES string of the molecule is CCc1c(Br)cnn1C1CCCCO1. The first-order valence-corrected chi connectivity index (χ1v) is 5.95. The van der Waals surface area contributed by atoms with Gasteiger partial charge in [-0.2, -0.15) is 5.10 Å². The van der Waals surface area contributed by atoms with E-state index in [2.05, 4.69) is 28.0 Å². The maximum atomic E-state index is 5.70. The van der Waals surface area contributed by atoms with Gasteiger partial charge in [-0.1, -0.05) is 6.92 Å². The van der Waals surface area contributed by atoms with Crippen molar-refractivity contribution in [3.05, 3.63) is 16.4 Å². The van der Waals surface area contributed by atoms with Gasteiger partial charge in [0, 0.05) is 6.61 Å². The minimum absolute atomic E-state index is 0.157. The molecular formula is C10H15BrN2O. The Balaban J connectivity index is 2.21. The van der Waals surface area contributed by atoms with Crippen LogP contribution >= 0.6 is 15.9 Å². The van der Waals surface area contributed by atoms with E-state index in [-0.39, 0.29) is 6.23 Å². The first-order chi connectivity index (χ1) is 6.83. The van der Waals surface area contributed by atoms with Gasteiger partial charge in [0.15, 0.2) is 0 Å². The predicted octanol–water partition coefficient (Wildman–Crippen LogP) is 2.91. The summed E-state index contributed by atoms with van der Waals surface area (Å²) >= 11 is 3.51. The standard InChI is InChI=1S/C10H15BrN2O/c1-2-9-8(11)7-12-13(9)10-5-3-4-6-14-10/h7,10H,2-6H2,1H3. The molecule has 1 fully saturated rings. The molecule has 0 amide bonds. The van der Waals surface area contributed by atoms with Gasteiger partial charge in [-0.05, 0) is 41.6 Å². The van der Waals surface area contributed by atoms with Crippen molar-refractivity contribution in [2.75, 3.05) is 6.61 Å². The van der Waals surface area contributed by atoms with Gasteiger partial charge < -0.3 is 4.74 Å². The van der Waals surface area contributed by atoms with Crippen LogP contribution in [0.4, 0.5) is 0 Å². The summed E-state index contributed by atoms with van der Waals surface area (Å²) in [5.74, 6) is 0. The Bertz CT molecular complexity index is 305. The van der Waals surface area contributed by atoms with E-state index >= 15 is 0 Å². The first kappa shape index (κ1) is 10.2. The fourth-order valence-electron chi connectivity index (χ4n) is 1.86. The second-order valence-electron chi connectivity index (χ2n) is 3.56. The lowest BCUT2D eigenvalue weighted by Crippen LogP contribution is -2.20. The van der Waals surface area contributed by atoms with Crippen LogP contribution in [0.1, 0.15) is 38.1 Å². The molecule has 1 aromatic heterocycles. The molecule has 2 heterocycles. The third kappa shape index (κ3) is 1.86. The minimum atomic E-state index is 0.157. The highest BCUT2D eigenvalue weighted by molar-refractivity contribution is 9.10. The molecule has 2 rings (SSSR count). The van der Waals surface area contributed by atoms with Gasteiger partial charge in [0.05, 0.1) is 16.4 Å². The lowest BCUT2D eigenvalue weighted by molar-refractivity contribution is -0.0410. The summed E-state index contributed by atoms with van der Waals surface area (Å²) in [6.07, 6.45) is 6.51. The van der Waals surface area contributed by atoms with Crippen LogP contribution in [0.25, 0.3) is 0 Å². The molecule has 4 heteroatoms. The van der Waals surface area contributed by atoms with Gasteiger partial charge in [-0.25, -0.2) is 4.68 Å². The zero-order valence-electron chi connectivity index (χ0n) is 8.37. The van der Waals surface area contributed by atoms with Gasteiger partial charge >= 0.3 is 0 Å². The second-order valence-corrected chi connectivity index (χ2v) is 4.41. The summed E-state index contributed by atoms with van der Waals surface area (Å²) in [4.78, 5) is 0. The fourth-order valence-corrected chi connectivity index (χ4v) is 2.42.